The van der Waals surface area contributed by atoms with E-state index in [1.807, 2.05) is 37.3 Å². The van der Waals surface area contributed by atoms with Gasteiger partial charge in [-0.3, -0.25) is 5.32 Å². The molecule has 7 nitrogen and oxygen atoms in total. The zero-order chi connectivity index (χ0) is 15.2. The number of carbonyl (C=O) groups excluding carboxylic acids is 1. The number of hydrogen-bond donors (Lipinski definition) is 3. The lowest BCUT2D eigenvalue weighted by molar-refractivity contribution is 0.155. The van der Waals surface area contributed by atoms with E-state index < -0.39 is 6.10 Å². The van der Waals surface area contributed by atoms with Gasteiger partial charge in [-0.2, -0.15) is 10.1 Å². The molecule has 2 amide bonds. The number of nitrogens with one attached hydrogen (secondary N) is 2. The summed E-state index contributed by atoms with van der Waals surface area (Å²) < 4.78 is 1.46. The molecular weight excluding hydrogens is 270 g/mol. The molecule has 2 unspecified atom stereocenters. The Morgan fingerprint density at radius 3 is 2.71 bits per heavy atom. The summed E-state index contributed by atoms with van der Waals surface area (Å²) in [5.41, 5.74) is 0.833. The van der Waals surface area contributed by atoms with Crippen LogP contribution < -0.4 is 10.6 Å². The topological polar surface area (TPSA) is 92.1 Å². The summed E-state index contributed by atoms with van der Waals surface area (Å²) in [5.74, 6) is 0.364. The number of aliphatic hydroxyl groups excluding tert-OH is 1. The van der Waals surface area contributed by atoms with Gasteiger partial charge >= 0.3 is 6.03 Å². The van der Waals surface area contributed by atoms with Gasteiger partial charge in [0, 0.05) is 13.1 Å². The second-order valence-corrected chi connectivity index (χ2v) is 4.87. The fourth-order valence-corrected chi connectivity index (χ4v) is 1.98. The average Bonchev–Trinajstić information content (AvgIpc) is 2.84. The van der Waals surface area contributed by atoms with Crippen LogP contribution in [0.1, 0.15) is 25.0 Å². The zero-order valence-corrected chi connectivity index (χ0v) is 12.0. The van der Waals surface area contributed by atoms with Crippen molar-refractivity contribution in [2.75, 3.05) is 5.32 Å². The van der Waals surface area contributed by atoms with E-state index in [1.165, 1.54) is 11.0 Å². The van der Waals surface area contributed by atoms with Crippen LogP contribution in [0, 0.1) is 0 Å². The zero-order valence-electron chi connectivity index (χ0n) is 12.0. The van der Waals surface area contributed by atoms with Gasteiger partial charge in [-0.1, -0.05) is 30.3 Å². The van der Waals surface area contributed by atoms with Gasteiger partial charge in [0.1, 0.15) is 6.33 Å². The van der Waals surface area contributed by atoms with Gasteiger partial charge in [0.15, 0.2) is 0 Å². The van der Waals surface area contributed by atoms with Gasteiger partial charge in [-0.25, -0.2) is 9.48 Å². The van der Waals surface area contributed by atoms with E-state index in [-0.39, 0.29) is 12.1 Å². The molecule has 21 heavy (non-hydrogen) atoms. The second kappa shape index (κ2) is 6.85. The van der Waals surface area contributed by atoms with Crippen molar-refractivity contribution in [1.82, 2.24) is 20.1 Å². The van der Waals surface area contributed by atoms with Crippen LogP contribution in [0.2, 0.25) is 0 Å². The predicted octanol–water partition coefficient (Wildman–Crippen LogP) is 1.45. The van der Waals surface area contributed by atoms with E-state index in [9.17, 15) is 9.90 Å². The highest BCUT2D eigenvalue weighted by atomic mass is 16.3. The van der Waals surface area contributed by atoms with Crippen molar-refractivity contribution in [2.45, 2.75) is 25.5 Å². The minimum atomic E-state index is -0.615. The van der Waals surface area contributed by atoms with E-state index >= 15 is 0 Å². The highest BCUT2D eigenvalue weighted by molar-refractivity contribution is 5.87. The number of carbonyl (C=O) groups is 1. The number of rotatable bonds is 5. The monoisotopic (exact) mass is 289 g/mol. The number of aliphatic hydroxyl groups is 1. The first-order chi connectivity index (χ1) is 10.1. The van der Waals surface area contributed by atoms with Gasteiger partial charge in [-0.15, -0.1) is 0 Å². The van der Waals surface area contributed by atoms with Crippen LogP contribution >= 0.6 is 0 Å². The Kier molecular flexibility index (Phi) is 4.89. The minimum absolute atomic E-state index is 0.187. The maximum Gasteiger partial charge on any atom is 0.321 e. The van der Waals surface area contributed by atoms with Crippen molar-refractivity contribution in [1.29, 1.82) is 0 Å². The van der Waals surface area contributed by atoms with Gasteiger partial charge in [0.05, 0.1) is 6.10 Å². The van der Waals surface area contributed by atoms with Gasteiger partial charge in [0.2, 0.25) is 5.95 Å². The van der Waals surface area contributed by atoms with E-state index in [0.29, 0.717) is 12.4 Å². The first-order valence-electron chi connectivity index (χ1n) is 6.71. The van der Waals surface area contributed by atoms with Crippen molar-refractivity contribution in [2.24, 2.45) is 7.05 Å². The Balaban J connectivity index is 1.83. The highest BCUT2D eigenvalue weighted by Gasteiger charge is 2.15. The maximum absolute atomic E-state index is 11.8. The number of aryl methyl sites for hydroxylation is 1. The summed E-state index contributed by atoms with van der Waals surface area (Å²) in [5, 5.41) is 19.3. The third kappa shape index (κ3) is 4.28. The molecule has 1 heterocycles. The first kappa shape index (κ1) is 15.0. The van der Waals surface area contributed by atoms with Crippen LogP contribution in [0.5, 0.6) is 0 Å². The van der Waals surface area contributed by atoms with E-state index in [1.54, 1.807) is 7.05 Å². The molecule has 1 aromatic heterocycles. The molecule has 0 aliphatic heterocycles. The van der Waals surface area contributed by atoms with E-state index in [4.69, 9.17) is 0 Å². The Bertz CT molecular complexity index is 584. The van der Waals surface area contributed by atoms with Crippen LogP contribution in [0.4, 0.5) is 10.7 Å². The normalized spacial score (nSPS) is 13.5. The van der Waals surface area contributed by atoms with E-state index in [2.05, 4.69) is 20.7 Å². The number of aromatic nitrogens is 3. The third-order valence-electron chi connectivity index (χ3n) is 3.08. The number of amides is 2. The van der Waals surface area contributed by atoms with Gasteiger partial charge < -0.3 is 10.4 Å². The lowest BCUT2D eigenvalue weighted by Gasteiger charge is -2.18. The molecular formula is C14H19N5O2. The van der Waals surface area contributed by atoms with Crippen LogP contribution in [-0.2, 0) is 7.05 Å². The lowest BCUT2D eigenvalue weighted by Crippen LogP contribution is -2.37. The lowest BCUT2D eigenvalue weighted by atomic mass is 10.0. The molecule has 0 bridgehead atoms. The molecule has 0 saturated heterocycles. The standard InChI is InChI=1S/C14H19N5O2/c1-10(8-12(20)11-6-4-3-5-7-11)17-14(21)18-13-15-9-16-19(13)2/h3-7,9-10,12,20H,8H2,1-2H3,(H2,15,16,17,18,21). The van der Waals surface area contributed by atoms with Gasteiger partial charge in [0.25, 0.3) is 0 Å². The van der Waals surface area contributed by atoms with Gasteiger partial charge in [-0.05, 0) is 18.9 Å². The van der Waals surface area contributed by atoms with Crippen molar-refractivity contribution < 1.29 is 9.90 Å². The molecule has 2 rings (SSSR count). The van der Waals surface area contributed by atoms with Crippen LogP contribution in [0.3, 0.4) is 0 Å². The number of benzene rings is 1. The van der Waals surface area contributed by atoms with Crippen LogP contribution in [0.25, 0.3) is 0 Å². The molecule has 0 saturated carbocycles. The largest absolute Gasteiger partial charge is 0.388 e. The maximum atomic E-state index is 11.8. The van der Waals surface area contributed by atoms with E-state index in [0.717, 1.165) is 5.56 Å². The Hall–Kier alpha value is -2.41. The first-order valence-corrected chi connectivity index (χ1v) is 6.71. The molecule has 1 aromatic carbocycles. The summed E-state index contributed by atoms with van der Waals surface area (Å²) in [6.07, 6.45) is 1.17. The molecule has 7 heteroatoms. The van der Waals surface area contributed by atoms with Crippen molar-refractivity contribution in [3.63, 3.8) is 0 Å². The molecule has 0 aliphatic carbocycles. The minimum Gasteiger partial charge on any atom is -0.388 e. The molecule has 0 spiro atoms. The van der Waals surface area contributed by atoms with Crippen LogP contribution in [0.15, 0.2) is 36.7 Å². The highest BCUT2D eigenvalue weighted by Crippen LogP contribution is 2.17. The number of urea groups is 1. The molecule has 2 atom stereocenters. The average molecular weight is 289 g/mol. The summed E-state index contributed by atoms with van der Waals surface area (Å²) in [4.78, 5) is 15.7. The van der Waals surface area contributed by atoms with Crippen molar-refractivity contribution in [3.05, 3.63) is 42.2 Å². The summed E-state index contributed by atoms with van der Waals surface area (Å²) in [6.45, 7) is 1.84. The fourth-order valence-electron chi connectivity index (χ4n) is 1.98. The van der Waals surface area contributed by atoms with Crippen molar-refractivity contribution in [3.8, 4) is 0 Å². The quantitative estimate of drug-likeness (QED) is 0.776. The predicted molar refractivity (Wildman–Crippen MR) is 78.6 cm³/mol. The summed E-state index contributed by atoms with van der Waals surface area (Å²) in [6, 6.07) is 8.79. The fraction of sp³-hybridized carbons (Fsp3) is 0.357. The molecule has 112 valence electrons. The van der Waals surface area contributed by atoms with Crippen LogP contribution in [-0.4, -0.2) is 31.9 Å². The molecule has 0 aliphatic rings. The molecule has 0 radical (unpaired) electrons. The Labute approximate surface area is 123 Å². The van der Waals surface area contributed by atoms with Crippen molar-refractivity contribution >= 4 is 12.0 Å². The molecule has 3 N–H and O–H groups in total. The molecule has 2 aromatic rings. The molecule has 0 fully saturated rings. The Morgan fingerprint density at radius 2 is 2.10 bits per heavy atom. The third-order valence-corrected chi connectivity index (χ3v) is 3.08. The number of nitrogens with zero attached hydrogens (tertiary/aromatic N) is 3. The second-order valence-electron chi connectivity index (χ2n) is 4.87. The number of hydrogen-bond acceptors (Lipinski definition) is 4. The SMILES string of the molecule is CC(CC(O)c1ccccc1)NC(=O)Nc1ncnn1C. The summed E-state index contributed by atoms with van der Waals surface area (Å²) >= 11 is 0. The summed E-state index contributed by atoms with van der Waals surface area (Å²) in [7, 11) is 1.69. The smallest absolute Gasteiger partial charge is 0.321 e. The number of anilines is 1. The Morgan fingerprint density at radius 1 is 1.38 bits per heavy atom.